The Hall–Kier alpha value is -1.67. The van der Waals surface area contributed by atoms with Crippen LogP contribution < -0.4 is 10.6 Å². The highest BCUT2D eigenvalue weighted by molar-refractivity contribution is 7.09. The molecule has 1 saturated heterocycles. The first-order chi connectivity index (χ1) is 10.1. The van der Waals surface area contributed by atoms with E-state index in [9.17, 15) is 9.59 Å². The summed E-state index contributed by atoms with van der Waals surface area (Å²) in [6, 6.07) is -0.566. The molecule has 0 bridgehead atoms. The van der Waals surface area contributed by atoms with E-state index in [0.29, 0.717) is 11.6 Å². The topological polar surface area (TPSA) is 94.6 Å². The zero-order valence-electron chi connectivity index (χ0n) is 12.0. The van der Waals surface area contributed by atoms with Gasteiger partial charge in [0.1, 0.15) is 5.01 Å². The van der Waals surface area contributed by atoms with Crippen LogP contribution in [0.1, 0.15) is 41.3 Å². The predicted molar refractivity (Wildman–Crippen MR) is 79.7 cm³/mol. The van der Waals surface area contributed by atoms with Gasteiger partial charge in [0, 0.05) is 18.5 Å². The molecule has 0 spiro atoms. The second-order valence-corrected chi connectivity index (χ2v) is 5.94. The van der Waals surface area contributed by atoms with Crippen molar-refractivity contribution in [1.82, 2.24) is 20.5 Å². The number of carboxylic acid groups (broad SMARTS) is 1. The third-order valence-corrected chi connectivity index (χ3v) is 4.40. The number of aromatic nitrogens is 1. The highest BCUT2D eigenvalue weighted by Crippen LogP contribution is 2.17. The number of nitrogens with zero attached hydrogens (tertiary/aromatic N) is 2. The van der Waals surface area contributed by atoms with E-state index in [4.69, 9.17) is 5.11 Å². The van der Waals surface area contributed by atoms with E-state index >= 15 is 0 Å². The van der Waals surface area contributed by atoms with Crippen LogP contribution in [0.2, 0.25) is 0 Å². The maximum absolute atomic E-state index is 11.8. The van der Waals surface area contributed by atoms with E-state index in [1.54, 1.807) is 6.92 Å². The lowest BCUT2D eigenvalue weighted by molar-refractivity contribution is 0.0691. The molecule has 7 nitrogen and oxygen atoms in total. The van der Waals surface area contributed by atoms with Crippen molar-refractivity contribution in [3.05, 3.63) is 16.1 Å². The van der Waals surface area contributed by atoms with Gasteiger partial charge in [0.25, 0.3) is 0 Å². The van der Waals surface area contributed by atoms with E-state index in [-0.39, 0.29) is 17.8 Å². The Morgan fingerprint density at radius 2 is 2.19 bits per heavy atom. The molecule has 0 saturated carbocycles. The van der Waals surface area contributed by atoms with Crippen molar-refractivity contribution < 1.29 is 14.7 Å². The number of carbonyl (C=O) groups excluding carboxylic acids is 1. The highest BCUT2D eigenvalue weighted by Gasteiger charge is 2.16. The van der Waals surface area contributed by atoms with Gasteiger partial charge in [-0.2, -0.15) is 0 Å². The van der Waals surface area contributed by atoms with Crippen molar-refractivity contribution in [3.63, 3.8) is 0 Å². The summed E-state index contributed by atoms with van der Waals surface area (Å²) in [5, 5.41) is 16.4. The van der Waals surface area contributed by atoms with Gasteiger partial charge in [-0.15, -0.1) is 11.3 Å². The average molecular weight is 312 g/mol. The maximum Gasteiger partial charge on any atom is 0.355 e. The summed E-state index contributed by atoms with van der Waals surface area (Å²) >= 11 is 1.23. The van der Waals surface area contributed by atoms with Crippen LogP contribution in [0.15, 0.2) is 5.38 Å². The minimum atomic E-state index is -1.06. The van der Waals surface area contributed by atoms with Crippen LogP contribution in [0.5, 0.6) is 0 Å². The molecule has 3 N–H and O–H groups in total. The molecule has 0 aliphatic carbocycles. The highest BCUT2D eigenvalue weighted by atomic mass is 32.1. The fourth-order valence-electron chi connectivity index (χ4n) is 2.23. The van der Waals surface area contributed by atoms with Crippen LogP contribution in [-0.2, 0) is 0 Å². The van der Waals surface area contributed by atoms with Crippen molar-refractivity contribution in [2.24, 2.45) is 0 Å². The lowest BCUT2D eigenvalue weighted by atomic mass is 10.3. The van der Waals surface area contributed by atoms with Crippen molar-refractivity contribution in [3.8, 4) is 0 Å². The Balaban J connectivity index is 1.71. The molecule has 1 aliphatic heterocycles. The molecule has 2 heterocycles. The van der Waals surface area contributed by atoms with Crippen LogP contribution in [0.3, 0.4) is 0 Å². The summed E-state index contributed by atoms with van der Waals surface area (Å²) in [5.41, 5.74) is 0.0121. The molecule has 116 valence electrons. The second kappa shape index (κ2) is 7.37. The Bertz CT molecular complexity index is 499. The molecule has 0 aromatic carbocycles. The van der Waals surface area contributed by atoms with Crippen molar-refractivity contribution in [1.29, 1.82) is 0 Å². The summed E-state index contributed by atoms with van der Waals surface area (Å²) in [6.45, 7) is 5.47. The molecule has 2 rings (SSSR count). The standard InChI is InChI=1S/C13H20N4O3S/c1-9(11-16-10(8-21-11)12(18)19)15-13(20)14-4-7-17-5-2-3-6-17/h8-9H,2-7H2,1H3,(H,18,19)(H2,14,15,20). The summed E-state index contributed by atoms with van der Waals surface area (Å²) < 4.78 is 0. The van der Waals surface area contributed by atoms with Gasteiger partial charge in [0.15, 0.2) is 5.69 Å². The van der Waals surface area contributed by atoms with Crippen LogP contribution >= 0.6 is 11.3 Å². The van der Waals surface area contributed by atoms with Gasteiger partial charge in [0.2, 0.25) is 0 Å². The molecule has 1 aromatic rings. The van der Waals surface area contributed by atoms with Gasteiger partial charge in [-0.1, -0.05) is 0 Å². The first-order valence-corrected chi connectivity index (χ1v) is 7.89. The first kappa shape index (κ1) is 15.7. The van der Waals surface area contributed by atoms with Gasteiger partial charge < -0.3 is 20.6 Å². The molecule has 1 fully saturated rings. The number of urea groups is 1. The number of hydrogen-bond donors (Lipinski definition) is 3. The predicted octanol–water partition coefficient (Wildman–Crippen LogP) is 1.30. The Labute approximate surface area is 127 Å². The molecule has 2 amide bonds. The minimum absolute atomic E-state index is 0.0121. The number of amides is 2. The maximum atomic E-state index is 11.8. The number of hydrogen-bond acceptors (Lipinski definition) is 5. The molecule has 1 atom stereocenters. The second-order valence-electron chi connectivity index (χ2n) is 5.05. The van der Waals surface area contributed by atoms with E-state index < -0.39 is 5.97 Å². The number of rotatable bonds is 6. The Morgan fingerprint density at radius 1 is 1.48 bits per heavy atom. The van der Waals surface area contributed by atoms with Crippen molar-refractivity contribution in [2.75, 3.05) is 26.2 Å². The molecular weight excluding hydrogens is 292 g/mol. The molecule has 1 aromatic heterocycles. The normalized spacial score (nSPS) is 16.6. The number of aromatic carboxylic acids is 1. The molecule has 8 heteroatoms. The number of nitrogens with one attached hydrogen (secondary N) is 2. The van der Waals surface area contributed by atoms with E-state index in [2.05, 4.69) is 20.5 Å². The zero-order valence-corrected chi connectivity index (χ0v) is 12.8. The molecular formula is C13H20N4O3S. The van der Waals surface area contributed by atoms with Crippen LogP contribution in [0.4, 0.5) is 4.79 Å². The summed E-state index contributed by atoms with van der Waals surface area (Å²) in [4.78, 5) is 28.8. The van der Waals surface area contributed by atoms with E-state index in [1.807, 2.05) is 0 Å². The van der Waals surface area contributed by atoms with Gasteiger partial charge in [-0.05, 0) is 32.9 Å². The fourth-order valence-corrected chi connectivity index (χ4v) is 3.03. The lowest BCUT2D eigenvalue weighted by Gasteiger charge is -2.16. The van der Waals surface area contributed by atoms with Gasteiger partial charge in [0.05, 0.1) is 6.04 Å². The molecule has 0 radical (unpaired) electrons. The Morgan fingerprint density at radius 3 is 2.81 bits per heavy atom. The fraction of sp³-hybridized carbons (Fsp3) is 0.615. The smallest absolute Gasteiger partial charge is 0.355 e. The van der Waals surface area contributed by atoms with E-state index in [0.717, 1.165) is 19.6 Å². The Kier molecular flexibility index (Phi) is 5.51. The number of carboxylic acids is 1. The van der Waals surface area contributed by atoms with Crippen molar-refractivity contribution >= 4 is 23.3 Å². The molecule has 1 aliphatic rings. The third-order valence-electron chi connectivity index (χ3n) is 3.37. The van der Waals surface area contributed by atoms with Gasteiger partial charge >= 0.3 is 12.0 Å². The van der Waals surface area contributed by atoms with Crippen LogP contribution in [0, 0.1) is 0 Å². The zero-order chi connectivity index (χ0) is 15.2. The summed E-state index contributed by atoms with van der Waals surface area (Å²) in [6.07, 6.45) is 2.47. The number of carbonyl (C=O) groups is 2. The third kappa shape index (κ3) is 4.68. The number of likely N-dealkylation sites (tertiary alicyclic amines) is 1. The summed E-state index contributed by atoms with van der Waals surface area (Å²) in [5.74, 6) is -1.06. The lowest BCUT2D eigenvalue weighted by Crippen LogP contribution is -2.40. The quantitative estimate of drug-likeness (QED) is 0.736. The van der Waals surface area contributed by atoms with Gasteiger partial charge in [-0.3, -0.25) is 0 Å². The van der Waals surface area contributed by atoms with Crippen LogP contribution in [-0.4, -0.2) is 53.2 Å². The molecule has 21 heavy (non-hydrogen) atoms. The number of thiazole rings is 1. The average Bonchev–Trinajstić information content (AvgIpc) is 3.09. The van der Waals surface area contributed by atoms with Gasteiger partial charge in [-0.25, -0.2) is 14.6 Å². The van der Waals surface area contributed by atoms with Crippen LogP contribution in [0.25, 0.3) is 0 Å². The SMILES string of the molecule is CC(NC(=O)NCCN1CCCC1)c1nc(C(=O)O)cs1. The minimum Gasteiger partial charge on any atom is -0.476 e. The van der Waals surface area contributed by atoms with E-state index in [1.165, 1.54) is 29.6 Å². The molecule has 1 unspecified atom stereocenters. The largest absolute Gasteiger partial charge is 0.476 e. The monoisotopic (exact) mass is 312 g/mol. The summed E-state index contributed by atoms with van der Waals surface area (Å²) in [7, 11) is 0. The van der Waals surface area contributed by atoms with Crippen molar-refractivity contribution in [2.45, 2.75) is 25.8 Å². The first-order valence-electron chi connectivity index (χ1n) is 7.01.